The smallest absolute Gasteiger partial charge is 0.250 e. The van der Waals surface area contributed by atoms with Crippen LogP contribution in [0, 0.1) is 11.8 Å². The monoisotopic (exact) mass is 472 g/mol. The number of nitrogens with one attached hydrogen (secondary N) is 2. The van der Waals surface area contributed by atoms with Gasteiger partial charge in [-0.1, -0.05) is 6.92 Å². The van der Waals surface area contributed by atoms with Crippen LogP contribution >= 0.6 is 0 Å². The Morgan fingerprint density at radius 1 is 1.21 bits per heavy atom. The van der Waals surface area contributed by atoms with Gasteiger partial charge in [0.25, 0.3) is 0 Å². The number of rotatable bonds is 9. The van der Waals surface area contributed by atoms with Crippen molar-refractivity contribution in [3.8, 4) is 0 Å². The zero-order chi connectivity index (χ0) is 24.6. The number of nitrogens with zero attached hydrogens (tertiary/aromatic N) is 2. The fraction of sp³-hybridized carbons (Fsp3) is 0.640. The summed E-state index contributed by atoms with van der Waals surface area (Å²) in [5.41, 5.74) is 0.629. The average Bonchev–Trinajstić information content (AvgIpc) is 3.49. The zero-order valence-corrected chi connectivity index (χ0v) is 20.4. The molecule has 34 heavy (non-hydrogen) atoms. The third-order valence-electron chi connectivity index (χ3n) is 7.87. The third-order valence-corrected chi connectivity index (χ3v) is 7.87. The molecule has 3 saturated heterocycles. The second-order valence-electron chi connectivity index (χ2n) is 9.37. The summed E-state index contributed by atoms with van der Waals surface area (Å²) in [6.45, 7) is 7.56. The molecule has 1 aromatic rings. The number of aliphatic hydroxyl groups is 1. The SMILES string of the molecule is CC[C@@H](CO)N1C(=O)[C@@H]2[C@@H](C(=O)NC)[C@H]3CCC2(O3)C1C(=O)Nc1ccc(N(CC)CC)cc1. The Labute approximate surface area is 200 Å². The minimum absolute atomic E-state index is 0.241. The van der Waals surface area contributed by atoms with Gasteiger partial charge in [0.05, 0.1) is 30.6 Å². The van der Waals surface area contributed by atoms with Crippen molar-refractivity contribution in [3.63, 3.8) is 0 Å². The third kappa shape index (κ3) is 3.65. The summed E-state index contributed by atoms with van der Waals surface area (Å²) in [7, 11) is 1.55. The quantitative estimate of drug-likeness (QED) is 0.501. The normalized spacial score (nSPS) is 30.3. The molecular formula is C25H36N4O5. The molecule has 3 N–H and O–H groups in total. The first-order valence-electron chi connectivity index (χ1n) is 12.3. The van der Waals surface area contributed by atoms with Crippen LogP contribution in [0.1, 0.15) is 40.0 Å². The van der Waals surface area contributed by atoms with Crippen molar-refractivity contribution in [1.82, 2.24) is 10.2 Å². The van der Waals surface area contributed by atoms with Crippen molar-refractivity contribution < 1.29 is 24.2 Å². The van der Waals surface area contributed by atoms with E-state index >= 15 is 0 Å². The van der Waals surface area contributed by atoms with Gasteiger partial charge < -0.3 is 30.3 Å². The van der Waals surface area contributed by atoms with Gasteiger partial charge in [0.1, 0.15) is 11.6 Å². The Balaban J connectivity index is 1.66. The highest BCUT2D eigenvalue weighted by molar-refractivity contribution is 6.03. The van der Waals surface area contributed by atoms with Crippen LogP contribution in [0.3, 0.4) is 0 Å². The van der Waals surface area contributed by atoms with E-state index in [0.717, 1.165) is 18.8 Å². The summed E-state index contributed by atoms with van der Waals surface area (Å²) in [6, 6.07) is 6.19. The van der Waals surface area contributed by atoms with Crippen molar-refractivity contribution in [2.24, 2.45) is 11.8 Å². The summed E-state index contributed by atoms with van der Waals surface area (Å²) >= 11 is 0. The summed E-state index contributed by atoms with van der Waals surface area (Å²) in [4.78, 5) is 43.8. The molecule has 0 saturated carbocycles. The number of likely N-dealkylation sites (tertiary alicyclic amines) is 1. The number of anilines is 2. The van der Waals surface area contributed by atoms with Crippen LogP contribution < -0.4 is 15.5 Å². The summed E-state index contributed by atoms with van der Waals surface area (Å²) in [5.74, 6) is -2.23. The zero-order valence-electron chi connectivity index (χ0n) is 20.4. The van der Waals surface area contributed by atoms with Crippen LogP contribution in [-0.2, 0) is 19.1 Å². The molecule has 6 atom stereocenters. The number of amides is 3. The van der Waals surface area contributed by atoms with Gasteiger partial charge in [-0.25, -0.2) is 0 Å². The number of ether oxygens (including phenoxy) is 1. The Hall–Kier alpha value is -2.65. The molecule has 1 aromatic carbocycles. The summed E-state index contributed by atoms with van der Waals surface area (Å²) < 4.78 is 6.34. The molecule has 4 rings (SSSR count). The van der Waals surface area contributed by atoms with Gasteiger partial charge in [0, 0.05) is 31.5 Å². The molecule has 3 amide bonds. The second kappa shape index (κ2) is 9.54. The predicted octanol–water partition coefficient (Wildman–Crippen LogP) is 1.36. The van der Waals surface area contributed by atoms with E-state index < -0.39 is 29.5 Å². The fourth-order valence-electron chi connectivity index (χ4n) is 6.22. The molecule has 3 aliphatic rings. The van der Waals surface area contributed by atoms with Crippen molar-refractivity contribution in [3.05, 3.63) is 24.3 Å². The molecule has 0 radical (unpaired) electrons. The molecule has 0 aromatic heterocycles. The van der Waals surface area contributed by atoms with E-state index in [0.29, 0.717) is 24.9 Å². The number of fused-ring (bicyclic) bond motifs is 1. The van der Waals surface area contributed by atoms with Gasteiger partial charge in [0.2, 0.25) is 17.7 Å². The fourth-order valence-corrected chi connectivity index (χ4v) is 6.22. The molecule has 2 bridgehead atoms. The molecule has 3 fully saturated rings. The molecule has 3 aliphatic heterocycles. The predicted molar refractivity (Wildman–Crippen MR) is 128 cm³/mol. The lowest BCUT2D eigenvalue weighted by Gasteiger charge is -2.36. The molecule has 2 unspecified atom stereocenters. The summed E-state index contributed by atoms with van der Waals surface area (Å²) in [5, 5.41) is 15.7. The molecule has 186 valence electrons. The highest BCUT2D eigenvalue weighted by Gasteiger charge is 2.74. The van der Waals surface area contributed by atoms with E-state index in [2.05, 4.69) is 29.4 Å². The maximum atomic E-state index is 13.7. The molecule has 1 spiro atoms. The van der Waals surface area contributed by atoms with E-state index in [1.54, 1.807) is 7.05 Å². The molecule has 3 heterocycles. The minimum Gasteiger partial charge on any atom is -0.394 e. The molecular weight excluding hydrogens is 436 g/mol. The van der Waals surface area contributed by atoms with Crippen LogP contribution in [0.25, 0.3) is 0 Å². The van der Waals surface area contributed by atoms with E-state index in [4.69, 9.17) is 4.74 Å². The average molecular weight is 473 g/mol. The number of hydrogen-bond acceptors (Lipinski definition) is 6. The van der Waals surface area contributed by atoms with E-state index in [1.165, 1.54) is 4.90 Å². The molecule has 9 nitrogen and oxygen atoms in total. The van der Waals surface area contributed by atoms with Gasteiger partial charge >= 0.3 is 0 Å². The van der Waals surface area contributed by atoms with Crippen LogP contribution in [0.5, 0.6) is 0 Å². The number of benzene rings is 1. The van der Waals surface area contributed by atoms with Gasteiger partial charge in [-0.2, -0.15) is 0 Å². The highest BCUT2D eigenvalue weighted by atomic mass is 16.5. The van der Waals surface area contributed by atoms with Crippen molar-refractivity contribution in [2.75, 3.05) is 37.0 Å². The van der Waals surface area contributed by atoms with Crippen LogP contribution in [0.15, 0.2) is 24.3 Å². The van der Waals surface area contributed by atoms with Crippen LogP contribution in [0.4, 0.5) is 11.4 Å². The van der Waals surface area contributed by atoms with Crippen molar-refractivity contribution >= 4 is 29.1 Å². The maximum Gasteiger partial charge on any atom is 0.250 e. The van der Waals surface area contributed by atoms with Gasteiger partial charge in [0.15, 0.2) is 0 Å². The van der Waals surface area contributed by atoms with Gasteiger partial charge in [-0.15, -0.1) is 0 Å². The number of carbonyl (C=O) groups excluding carboxylic acids is 3. The minimum atomic E-state index is -1.06. The number of aliphatic hydroxyl groups excluding tert-OH is 1. The second-order valence-corrected chi connectivity index (χ2v) is 9.37. The number of carbonyl (C=O) groups is 3. The lowest BCUT2D eigenvalue weighted by molar-refractivity contribution is -0.144. The first-order valence-corrected chi connectivity index (χ1v) is 12.3. The Morgan fingerprint density at radius 2 is 1.88 bits per heavy atom. The topological polar surface area (TPSA) is 111 Å². The first-order chi connectivity index (χ1) is 16.4. The Morgan fingerprint density at radius 3 is 2.44 bits per heavy atom. The summed E-state index contributed by atoms with van der Waals surface area (Å²) in [6.07, 6.45) is 1.25. The molecule has 0 aliphatic carbocycles. The highest BCUT2D eigenvalue weighted by Crippen LogP contribution is 2.58. The van der Waals surface area contributed by atoms with E-state index in [1.807, 2.05) is 31.2 Å². The van der Waals surface area contributed by atoms with E-state index in [9.17, 15) is 19.5 Å². The lowest BCUT2D eigenvalue weighted by atomic mass is 9.70. The molecule has 9 heteroatoms. The number of hydrogen-bond donors (Lipinski definition) is 3. The van der Waals surface area contributed by atoms with Crippen LogP contribution in [0.2, 0.25) is 0 Å². The standard InChI is InChI=1S/C25H36N4O5/c1-5-16(14-30)29-21(23(32)27-15-8-10-17(11-9-15)28(6-2)7-3)25-13-12-18(34-25)19(22(31)26-4)20(25)24(29)33/h8-11,16,18-21,30H,5-7,12-14H2,1-4H3,(H,26,31)(H,27,32)/t16-,18+,19-,20-,21?,25?/m0/s1. The van der Waals surface area contributed by atoms with Crippen molar-refractivity contribution in [1.29, 1.82) is 0 Å². The van der Waals surface area contributed by atoms with Gasteiger partial charge in [-0.05, 0) is 57.4 Å². The maximum absolute atomic E-state index is 13.7. The first kappa shape index (κ1) is 24.5. The van der Waals surface area contributed by atoms with Crippen LogP contribution in [-0.4, -0.2) is 78.3 Å². The van der Waals surface area contributed by atoms with Crippen molar-refractivity contribution in [2.45, 2.75) is 63.8 Å². The lowest BCUT2D eigenvalue weighted by Crippen LogP contribution is -2.56. The van der Waals surface area contributed by atoms with Gasteiger partial charge in [-0.3, -0.25) is 14.4 Å². The Bertz CT molecular complexity index is 930. The van der Waals surface area contributed by atoms with E-state index in [-0.39, 0.29) is 30.4 Å². The largest absolute Gasteiger partial charge is 0.394 e. The Kier molecular flexibility index (Phi) is 6.87.